The highest BCUT2D eigenvalue weighted by Gasteiger charge is 2.13. The van der Waals surface area contributed by atoms with Crippen molar-refractivity contribution in [2.24, 2.45) is 0 Å². The molecule has 19 heavy (non-hydrogen) atoms. The fourth-order valence-electron chi connectivity index (χ4n) is 1.86. The van der Waals surface area contributed by atoms with Gasteiger partial charge in [0, 0.05) is 0 Å². The number of methoxy groups -OCH3 is 2. The van der Waals surface area contributed by atoms with E-state index in [-0.39, 0.29) is 0 Å². The summed E-state index contributed by atoms with van der Waals surface area (Å²) in [5, 5.41) is 10.8. The van der Waals surface area contributed by atoms with E-state index in [1.165, 1.54) is 0 Å². The van der Waals surface area contributed by atoms with Gasteiger partial charge in [0.15, 0.2) is 0 Å². The smallest absolute Gasteiger partial charge is 0.137 e. The van der Waals surface area contributed by atoms with Gasteiger partial charge in [0.05, 0.1) is 19.2 Å². The lowest BCUT2D eigenvalue weighted by Gasteiger charge is -2.14. The second kappa shape index (κ2) is 5.95. The third-order valence-corrected chi connectivity index (χ3v) is 3.20. The van der Waals surface area contributed by atoms with E-state index in [1.54, 1.807) is 38.5 Å². The second-order valence-corrected chi connectivity index (χ2v) is 4.48. The Morgan fingerprint density at radius 2 is 1.74 bits per heavy atom. The SMILES string of the molecule is COc1cccc(C(O)c2ccc(OC)c(Cl)c2)c1. The van der Waals surface area contributed by atoms with Crippen LogP contribution in [0, 0.1) is 0 Å². The van der Waals surface area contributed by atoms with E-state index in [9.17, 15) is 5.11 Å². The zero-order valence-corrected chi connectivity index (χ0v) is 11.5. The van der Waals surface area contributed by atoms with Crippen molar-refractivity contribution in [1.82, 2.24) is 0 Å². The van der Waals surface area contributed by atoms with E-state index in [4.69, 9.17) is 21.1 Å². The van der Waals surface area contributed by atoms with Crippen molar-refractivity contribution in [2.45, 2.75) is 6.10 Å². The minimum atomic E-state index is -0.751. The molecule has 3 nitrogen and oxygen atoms in total. The van der Waals surface area contributed by atoms with Crippen LogP contribution in [0.2, 0.25) is 5.02 Å². The topological polar surface area (TPSA) is 38.7 Å². The number of halogens is 1. The Hall–Kier alpha value is -1.71. The van der Waals surface area contributed by atoms with E-state index >= 15 is 0 Å². The van der Waals surface area contributed by atoms with Crippen LogP contribution in [0.4, 0.5) is 0 Å². The van der Waals surface area contributed by atoms with Gasteiger partial charge < -0.3 is 14.6 Å². The van der Waals surface area contributed by atoms with E-state index in [0.717, 1.165) is 5.56 Å². The Labute approximate surface area is 117 Å². The van der Waals surface area contributed by atoms with Crippen molar-refractivity contribution >= 4 is 11.6 Å². The van der Waals surface area contributed by atoms with E-state index in [1.807, 2.05) is 18.2 Å². The van der Waals surface area contributed by atoms with Crippen LogP contribution < -0.4 is 9.47 Å². The van der Waals surface area contributed by atoms with Gasteiger partial charge >= 0.3 is 0 Å². The summed E-state index contributed by atoms with van der Waals surface area (Å²) in [7, 11) is 3.15. The van der Waals surface area contributed by atoms with Gasteiger partial charge in [0.1, 0.15) is 17.6 Å². The van der Waals surface area contributed by atoms with E-state index in [0.29, 0.717) is 22.1 Å². The molecule has 2 rings (SSSR count). The van der Waals surface area contributed by atoms with E-state index < -0.39 is 6.10 Å². The highest BCUT2D eigenvalue weighted by Crippen LogP contribution is 2.31. The van der Waals surface area contributed by atoms with Gasteiger partial charge in [-0.1, -0.05) is 29.8 Å². The van der Waals surface area contributed by atoms with Crippen molar-refractivity contribution in [3.05, 3.63) is 58.6 Å². The number of rotatable bonds is 4. The first kappa shape index (κ1) is 13.7. The minimum Gasteiger partial charge on any atom is -0.497 e. The molecule has 0 bridgehead atoms. The summed E-state index contributed by atoms with van der Waals surface area (Å²) >= 11 is 6.06. The largest absolute Gasteiger partial charge is 0.497 e. The summed E-state index contributed by atoms with van der Waals surface area (Å²) in [5.74, 6) is 1.29. The summed E-state index contributed by atoms with van der Waals surface area (Å²) in [5.41, 5.74) is 1.46. The van der Waals surface area contributed by atoms with Crippen LogP contribution in [-0.4, -0.2) is 19.3 Å². The van der Waals surface area contributed by atoms with Crippen LogP contribution in [0.5, 0.6) is 11.5 Å². The van der Waals surface area contributed by atoms with E-state index in [2.05, 4.69) is 0 Å². The highest BCUT2D eigenvalue weighted by atomic mass is 35.5. The molecule has 0 fully saturated rings. The summed E-state index contributed by atoms with van der Waals surface area (Å²) < 4.78 is 10.2. The molecule has 0 spiro atoms. The monoisotopic (exact) mass is 278 g/mol. The molecule has 0 saturated carbocycles. The molecule has 0 saturated heterocycles. The van der Waals surface area contributed by atoms with Gasteiger partial charge in [0.2, 0.25) is 0 Å². The quantitative estimate of drug-likeness (QED) is 0.931. The Bertz CT molecular complexity index is 569. The molecule has 0 amide bonds. The van der Waals surface area contributed by atoms with Crippen LogP contribution in [0.3, 0.4) is 0 Å². The van der Waals surface area contributed by atoms with Crippen molar-refractivity contribution < 1.29 is 14.6 Å². The third kappa shape index (κ3) is 3.00. The summed E-state index contributed by atoms with van der Waals surface area (Å²) in [6, 6.07) is 12.5. The van der Waals surface area contributed by atoms with Gasteiger partial charge in [-0.3, -0.25) is 0 Å². The molecule has 2 aromatic carbocycles. The molecule has 2 aromatic rings. The number of hydrogen-bond donors (Lipinski definition) is 1. The number of aliphatic hydroxyl groups is 1. The van der Waals surface area contributed by atoms with Gasteiger partial charge in [-0.05, 0) is 35.4 Å². The van der Waals surface area contributed by atoms with Crippen molar-refractivity contribution in [3.8, 4) is 11.5 Å². The molecule has 1 unspecified atom stereocenters. The number of benzene rings is 2. The molecule has 4 heteroatoms. The first-order valence-electron chi connectivity index (χ1n) is 5.81. The van der Waals surface area contributed by atoms with Crippen molar-refractivity contribution in [2.75, 3.05) is 14.2 Å². The molecule has 0 aromatic heterocycles. The van der Waals surface area contributed by atoms with Crippen LogP contribution in [0.15, 0.2) is 42.5 Å². The van der Waals surface area contributed by atoms with Crippen LogP contribution in [0.1, 0.15) is 17.2 Å². The molecule has 0 heterocycles. The van der Waals surface area contributed by atoms with Crippen LogP contribution in [0.25, 0.3) is 0 Å². The lowest BCUT2D eigenvalue weighted by Crippen LogP contribution is -2.00. The first-order valence-corrected chi connectivity index (χ1v) is 6.19. The summed E-state index contributed by atoms with van der Waals surface area (Å²) in [6.07, 6.45) is -0.751. The summed E-state index contributed by atoms with van der Waals surface area (Å²) in [6.45, 7) is 0. The van der Waals surface area contributed by atoms with Gasteiger partial charge in [-0.2, -0.15) is 0 Å². The first-order chi connectivity index (χ1) is 9.15. The molecule has 1 N–H and O–H groups in total. The average molecular weight is 279 g/mol. The van der Waals surface area contributed by atoms with Gasteiger partial charge in [-0.15, -0.1) is 0 Å². The Morgan fingerprint density at radius 3 is 2.37 bits per heavy atom. The molecule has 0 radical (unpaired) electrons. The Morgan fingerprint density at radius 1 is 1.00 bits per heavy atom. The molecular weight excluding hydrogens is 264 g/mol. The number of ether oxygens (including phenoxy) is 2. The van der Waals surface area contributed by atoms with Gasteiger partial charge in [-0.25, -0.2) is 0 Å². The zero-order valence-electron chi connectivity index (χ0n) is 10.8. The highest BCUT2D eigenvalue weighted by molar-refractivity contribution is 6.32. The fraction of sp³-hybridized carbons (Fsp3) is 0.200. The van der Waals surface area contributed by atoms with Crippen molar-refractivity contribution in [3.63, 3.8) is 0 Å². The molecule has 0 aliphatic rings. The van der Waals surface area contributed by atoms with Crippen LogP contribution >= 0.6 is 11.6 Å². The minimum absolute atomic E-state index is 0.474. The molecule has 0 aliphatic carbocycles. The fourth-order valence-corrected chi connectivity index (χ4v) is 2.12. The third-order valence-electron chi connectivity index (χ3n) is 2.90. The molecular formula is C15H15ClO3. The summed E-state index contributed by atoms with van der Waals surface area (Å²) in [4.78, 5) is 0. The lowest BCUT2D eigenvalue weighted by molar-refractivity contribution is 0.219. The molecule has 1 atom stereocenters. The van der Waals surface area contributed by atoms with Gasteiger partial charge in [0.25, 0.3) is 0 Å². The predicted octanol–water partition coefficient (Wildman–Crippen LogP) is 3.44. The maximum atomic E-state index is 10.3. The standard InChI is InChI=1S/C15H15ClO3/c1-18-12-5-3-4-10(8-12)15(17)11-6-7-14(19-2)13(16)9-11/h3-9,15,17H,1-2H3. The number of hydrogen-bond acceptors (Lipinski definition) is 3. The normalized spacial score (nSPS) is 12.0. The maximum Gasteiger partial charge on any atom is 0.137 e. The van der Waals surface area contributed by atoms with Crippen molar-refractivity contribution in [1.29, 1.82) is 0 Å². The Kier molecular flexibility index (Phi) is 4.30. The number of aliphatic hydroxyl groups excluding tert-OH is 1. The average Bonchev–Trinajstić information content (AvgIpc) is 2.46. The maximum absolute atomic E-state index is 10.3. The molecule has 0 aliphatic heterocycles. The Balaban J connectivity index is 2.32. The molecule has 100 valence electrons. The predicted molar refractivity (Wildman–Crippen MR) is 75.1 cm³/mol. The zero-order chi connectivity index (χ0) is 13.8. The lowest BCUT2D eigenvalue weighted by atomic mass is 10.0. The second-order valence-electron chi connectivity index (χ2n) is 4.07. The van der Waals surface area contributed by atoms with Crippen LogP contribution in [-0.2, 0) is 0 Å².